The minimum absolute atomic E-state index is 0.294. The fourth-order valence-electron chi connectivity index (χ4n) is 1.03. The Balaban J connectivity index is 5.00. The summed E-state index contributed by atoms with van der Waals surface area (Å²) in [5.74, 6) is 0.507. The van der Waals surface area contributed by atoms with E-state index in [2.05, 4.69) is 0 Å². The van der Waals surface area contributed by atoms with Gasteiger partial charge in [-0.1, -0.05) is 6.08 Å². The van der Waals surface area contributed by atoms with E-state index in [9.17, 15) is 13.7 Å². The Labute approximate surface area is 103 Å². The van der Waals surface area contributed by atoms with Crippen LogP contribution in [0.25, 0.3) is 0 Å². The van der Waals surface area contributed by atoms with Crippen molar-refractivity contribution in [1.29, 1.82) is 0 Å². The average molecular weight is 324 g/mol. The Kier molecular flexibility index (Phi) is 5.73. The zero-order valence-electron chi connectivity index (χ0n) is 9.32. The first-order chi connectivity index (χ1) is 7.71. The van der Waals surface area contributed by atoms with E-state index in [1.54, 1.807) is 0 Å². The largest absolute Gasteiger partial charge is 0.348 e. The van der Waals surface area contributed by atoms with E-state index in [1.807, 2.05) is 0 Å². The fraction of sp³-hybridized carbons (Fsp3) is 0.667. The van der Waals surface area contributed by atoms with Crippen LogP contribution in [0.1, 0.15) is 19.8 Å². The predicted octanol–water partition coefficient (Wildman–Crippen LogP) is 0.530. The summed E-state index contributed by atoms with van der Waals surface area (Å²) in [4.78, 5) is 50.3. The third kappa shape index (κ3) is 5.05. The molecule has 0 unspecified atom stereocenters. The molecule has 9 nitrogen and oxygen atoms in total. The van der Waals surface area contributed by atoms with Crippen molar-refractivity contribution in [3.8, 4) is 0 Å². The van der Waals surface area contributed by atoms with Crippen molar-refractivity contribution < 1.29 is 43.1 Å². The molecule has 0 atom stereocenters. The number of hydrogen-bond acceptors (Lipinski definition) is 3. The van der Waals surface area contributed by atoms with Gasteiger partial charge in [-0.3, -0.25) is 13.7 Å². The smallest absolute Gasteiger partial charge is 0.324 e. The maximum absolute atomic E-state index is 11.1. The van der Waals surface area contributed by atoms with E-state index in [0.717, 1.165) is 13.0 Å². The Morgan fingerprint density at radius 1 is 0.944 bits per heavy atom. The number of allylic oxidation sites excluding steroid dienone is 1. The standard InChI is InChI=1S/C6H15O9P3/c1-6(17(10,11)12,18(13,14)15)4-2-3-5-16(7,8)9/h3,5H,2,4H2,1H3,(H2,7,8,9)(H2,10,11,12)(H2,13,14,15)/b5-3+. The van der Waals surface area contributed by atoms with Crippen LogP contribution in [-0.4, -0.2) is 34.3 Å². The lowest BCUT2D eigenvalue weighted by molar-refractivity contribution is 0.308. The van der Waals surface area contributed by atoms with Gasteiger partial charge in [0.05, 0.1) is 0 Å². The fourth-order valence-corrected chi connectivity index (χ4v) is 3.65. The predicted molar refractivity (Wildman–Crippen MR) is 62.9 cm³/mol. The van der Waals surface area contributed by atoms with Crippen molar-refractivity contribution in [1.82, 2.24) is 0 Å². The molecular formula is C6H15O9P3. The van der Waals surface area contributed by atoms with Gasteiger partial charge in [0.15, 0.2) is 4.90 Å². The van der Waals surface area contributed by atoms with E-state index >= 15 is 0 Å². The van der Waals surface area contributed by atoms with Crippen LogP contribution in [0.2, 0.25) is 0 Å². The Hall–Kier alpha value is 0.190. The minimum atomic E-state index is -5.08. The summed E-state index contributed by atoms with van der Waals surface area (Å²) in [6, 6.07) is 0. The third-order valence-corrected chi connectivity index (χ3v) is 7.46. The highest BCUT2D eigenvalue weighted by Crippen LogP contribution is 2.70. The van der Waals surface area contributed by atoms with Gasteiger partial charge < -0.3 is 29.4 Å². The molecular weight excluding hydrogens is 309 g/mol. The van der Waals surface area contributed by atoms with Crippen molar-refractivity contribution in [3.63, 3.8) is 0 Å². The van der Waals surface area contributed by atoms with Crippen molar-refractivity contribution in [2.45, 2.75) is 24.7 Å². The van der Waals surface area contributed by atoms with Gasteiger partial charge in [0.25, 0.3) is 0 Å². The number of hydrogen-bond donors (Lipinski definition) is 6. The van der Waals surface area contributed by atoms with Crippen LogP contribution >= 0.6 is 22.8 Å². The van der Waals surface area contributed by atoms with E-state index in [1.165, 1.54) is 0 Å². The van der Waals surface area contributed by atoms with Crippen LogP contribution < -0.4 is 0 Å². The molecule has 18 heavy (non-hydrogen) atoms. The summed E-state index contributed by atoms with van der Waals surface area (Å²) in [7, 11) is -14.6. The van der Waals surface area contributed by atoms with Crippen LogP contribution in [0.4, 0.5) is 0 Å². The molecule has 0 aliphatic carbocycles. The van der Waals surface area contributed by atoms with Gasteiger partial charge in [-0.05, 0) is 19.8 Å². The monoisotopic (exact) mass is 324 g/mol. The van der Waals surface area contributed by atoms with Gasteiger partial charge in [0.1, 0.15) is 0 Å². The van der Waals surface area contributed by atoms with Crippen molar-refractivity contribution in [2.75, 3.05) is 0 Å². The molecule has 6 N–H and O–H groups in total. The van der Waals surface area contributed by atoms with E-state index in [0.29, 0.717) is 5.82 Å². The second-order valence-electron chi connectivity index (χ2n) is 3.82. The first-order valence-electron chi connectivity index (χ1n) is 4.55. The second kappa shape index (κ2) is 5.67. The van der Waals surface area contributed by atoms with Crippen molar-refractivity contribution in [3.05, 3.63) is 11.9 Å². The molecule has 108 valence electrons. The Bertz CT molecular complexity index is 429. The van der Waals surface area contributed by atoms with Crippen LogP contribution in [-0.2, 0) is 13.7 Å². The molecule has 0 bridgehead atoms. The second-order valence-corrected chi connectivity index (χ2v) is 9.80. The van der Waals surface area contributed by atoms with Gasteiger partial charge >= 0.3 is 22.8 Å². The van der Waals surface area contributed by atoms with Crippen LogP contribution in [0.15, 0.2) is 11.9 Å². The Morgan fingerprint density at radius 2 is 1.33 bits per heavy atom. The quantitative estimate of drug-likeness (QED) is 0.381. The summed E-state index contributed by atoms with van der Waals surface area (Å²) < 4.78 is 32.7. The third-order valence-electron chi connectivity index (χ3n) is 2.34. The van der Waals surface area contributed by atoms with Gasteiger partial charge in [-0.15, -0.1) is 0 Å². The van der Waals surface area contributed by atoms with Crippen molar-refractivity contribution >= 4 is 22.8 Å². The normalized spacial score (nSPS) is 15.3. The zero-order chi connectivity index (χ0) is 14.8. The molecule has 0 rings (SSSR count). The maximum atomic E-state index is 11.1. The lowest BCUT2D eigenvalue weighted by Crippen LogP contribution is -2.24. The van der Waals surface area contributed by atoms with Crippen molar-refractivity contribution in [2.24, 2.45) is 0 Å². The first-order valence-corrected chi connectivity index (χ1v) is 9.45. The molecule has 0 aromatic carbocycles. The Morgan fingerprint density at radius 3 is 1.61 bits per heavy atom. The van der Waals surface area contributed by atoms with Gasteiger partial charge in [0.2, 0.25) is 0 Å². The highest BCUT2D eigenvalue weighted by Gasteiger charge is 2.55. The molecule has 0 heterocycles. The first kappa shape index (κ1) is 18.2. The van der Waals surface area contributed by atoms with Gasteiger partial charge in [-0.2, -0.15) is 0 Å². The molecule has 0 aromatic heterocycles. The van der Waals surface area contributed by atoms with E-state index in [-0.39, 0.29) is 6.42 Å². The van der Waals surface area contributed by atoms with Crippen LogP contribution in [0.5, 0.6) is 0 Å². The topological polar surface area (TPSA) is 173 Å². The van der Waals surface area contributed by atoms with E-state index in [4.69, 9.17) is 29.4 Å². The molecule has 0 fully saturated rings. The summed E-state index contributed by atoms with van der Waals surface area (Å²) in [5.41, 5.74) is 0. The molecule has 0 aliphatic rings. The highest BCUT2D eigenvalue weighted by atomic mass is 31.2. The molecule has 0 spiro atoms. The summed E-state index contributed by atoms with van der Waals surface area (Å²) in [6.07, 6.45) is 0.0141. The lowest BCUT2D eigenvalue weighted by atomic mass is 10.2. The average Bonchev–Trinajstić information content (AvgIpc) is 2.06. The van der Waals surface area contributed by atoms with Gasteiger partial charge in [-0.25, -0.2) is 0 Å². The summed E-state index contributed by atoms with van der Waals surface area (Å²) in [5, 5.41) is 0. The SMILES string of the molecule is CC(CC/C=C/P(=O)(O)O)(P(=O)(O)O)P(=O)(O)O. The van der Waals surface area contributed by atoms with Gasteiger partial charge in [0, 0.05) is 5.82 Å². The van der Waals surface area contributed by atoms with Crippen LogP contribution in [0.3, 0.4) is 0 Å². The molecule has 0 aromatic rings. The molecule has 12 heteroatoms. The number of rotatable bonds is 6. The van der Waals surface area contributed by atoms with E-state index < -0.39 is 34.1 Å². The summed E-state index contributed by atoms with van der Waals surface area (Å²) in [6.45, 7) is 0.736. The molecule has 0 saturated heterocycles. The van der Waals surface area contributed by atoms with Crippen LogP contribution in [0, 0.1) is 0 Å². The maximum Gasteiger partial charge on any atom is 0.348 e. The molecule has 0 saturated carbocycles. The highest BCUT2D eigenvalue weighted by molar-refractivity contribution is 7.72. The molecule has 0 aliphatic heterocycles. The zero-order valence-corrected chi connectivity index (χ0v) is 12.0. The summed E-state index contributed by atoms with van der Waals surface area (Å²) >= 11 is 0. The minimum Gasteiger partial charge on any atom is -0.324 e. The lowest BCUT2D eigenvalue weighted by Gasteiger charge is -2.30. The molecule has 0 amide bonds. The molecule has 0 radical (unpaired) electrons.